The molecule has 23 heavy (non-hydrogen) atoms. The summed E-state index contributed by atoms with van der Waals surface area (Å²) >= 11 is 0. The highest BCUT2D eigenvalue weighted by Gasteiger charge is 2.27. The number of hydrogen-bond donors (Lipinski definition) is 0. The number of hydrogen-bond acceptors (Lipinski definition) is 6. The first-order valence-corrected chi connectivity index (χ1v) is 7.82. The van der Waals surface area contributed by atoms with E-state index in [9.17, 15) is 14.4 Å². The second-order valence-corrected chi connectivity index (χ2v) is 5.17. The van der Waals surface area contributed by atoms with Crippen LogP contribution in [-0.2, 0) is 14.3 Å². The van der Waals surface area contributed by atoms with Gasteiger partial charge in [-0.3, -0.25) is 4.79 Å². The maximum absolute atomic E-state index is 12.4. The summed E-state index contributed by atoms with van der Waals surface area (Å²) in [6.07, 6.45) is 0.873. The topological polar surface area (TPSA) is 72.9 Å². The summed E-state index contributed by atoms with van der Waals surface area (Å²) in [6.45, 7) is 4.92. The van der Waals surface area contributed by atoms with Gasteiger partial charge >= 0.3 is 11.9 Å². The summed E-state index contributed by atoms with van der Waals surface area (Å²) in [5.74, 6) is -0.894. The van der Waals surface area contributed by atoms with Gasteiger partial charge in [-0.25, -0.2) is 9.59 Å². The number of carbonyl (C=O) groups is 3. The molecule has 6 heteroatoms. The van der Waals surface area contributed by atoms with Gasteiger partial charge in [0.1, 0.15) is 5.78 Å². The van der Waals surface area contributed by atoms with E-state index < -0.39 is 11.9 Å². The summed E-state index contributed by atoms with van der Waals surface area (Å²) in [5, 5.41) is 0. The lowest BCUT2D eigenvalue weighted by Gasteiger charge is -2.30. The highest BCUT2D eigenvalue weighted by Crippen LogP contribution is 2.28. The van der Waals surface area contributed by atoms with E-state index in [1.54, 1.807) is 32.0 Å². The first-order valence-electron chi connectivity index (χ1n) is 7.82. The predicted octanol–water partition coefficient (Wildman–Crippen LogP) is 2.21. The smallest absolute Gasteiger partial charge is 0.341 e. The molecule has 1 aromatic rings. The third-order valence-corrected chi connectivity index (χ3v) is 3.68. The number of piperidine rings is 1. The Bertz CT molecular complexity index is 601. The molecular formula is C17H21NO5. The van der Waals surface area contributed by atoms with E-state index in [1.165, 1.54) is 0 Å². The lowest BCUT2D eigenvalue weighted by Crippen LogP contribution is -2.35. The van der Waals surface area contributed by atoms with Crippen LogP contribution in [0.4, 0.5) is 5.69 Å². The average molecular weight is 319 g/mol. The Kier molecular flexibility index (Phi) is 5.73. The molecule has 0 saturated carbocycles. The molecule has 124 valence electrons. The Hall–Kier alpha value is -2.37. The van der Waals surface area contributed by atoms with Crippen molar-refractivity contribution in [3.8, 4) is 0 Å². The number of Topliss-reactive ketones (excluding diaryl/α,β-unsaturated/α-hetero) is 1. The van der Waals surface area contributed by atoms with Gasteiger partial charge in [0.15, 0.2) is 0 Å². The van der Waals surface area contributed by atoms with Crippen molar-refractivity contribution < 1.29 is 23.9 Å². The molecule has 1 aliphatic heterocycles. The van der Waals surface area contributed by atoms with E-state index in [0.717, 1.165) is 0 Å². The Balaban J connectivity index is 2.44. The molecule has 1 aliphatic rings. The van der Waals surface area contributed by atoms with Crippen molar-refractivity contribution in [1.82, 2.24) is 0 Å². The molecule has 1 fully saturated rings. The second kappa shape index (κ2) is 7.76. The molecule has 2 rings (SSSR count). The lowest BCUT2D eigenvalue weighted by atomic mass is 10.0. The van der Waals surface area contributed by atoms with Crippen LogP contribution in [0.25, 0.3) is 0 Å². The zero-order valence-electron chi connectivity index (χ0n) is 13.5. The Morgan fingerprint density at radius 2 is 1.65 bits per heavy atom. The maximum Gasteiger partial charge on any atom is 0.341 e. The van der Waals surface area contributed by atoms with Crippen molar-refractivity contribution >= 4 is 23.4 Å². The molecule has 0 atom stereocenters. The van der Waals surface area contributed by atoms with E-state index in [0.29, 0.717) is 31.6 Å². The number of nitrogens with zero attached hydrogens (tertiary/aromatic N) is 1. The van der Waals surface area contributed by atoms with Gasteiger partial charge in [-0.15, -0.1) is 0 Å². The predicted molar refractivity (Wildman–Crippen MR) is 84.8 cm³/mol. The van der Waals surface area contributed by atoms with E-state index in [2.05, 4.69) is 0 Å². The standard InChI is InChI=1S/C17H21NO5/c1-3-22-16(20)13-6-5-7-14(15(13)17(21)23-4-2)18-10-8-12(19)9-11-18/h5-7H,3-4,8-11H2,1-2H3. The lowest BCUT2D eigenvalue weighted by molar-refractivity contribution is -0.119. The van der Waals surface area contributed by atoms with Crippen LogP contribution in [0.1, 0.15) is 47.4 Å². The van der Waals surface area contributed by atoms with Crippen LogP contribution in [0.5, 0.6) is 0 Å². The molecule has 0 N–H and O–H groups in total. The molecule has 1 aromatic carbocycles. The van der Waals surface area contributed by atoms with Crippen LogP contribution in [0.15, 0.2) is 18.2 Å². The van der Waals surface area contributed by atoms with Gasteiger partial charge in [0.25, 0.3) is 0 Å². The molecule has 0 aromatic heterocycles. The zero-order valence-corrected chi connectivity index (χ0v) is 13.5. The Labute approximate surface area is 135 Å². The molecule has 0 bridgehead atoms. The summed E-state index contributed by atoms with van der Waals surface area (Å²) in [6, 6.07) is 5.04. The van der Waals surface area contributed by atoms with Crippen molar-refractivity contribution in [2.45, 2.75) is 26.7 Å². The van der Waals surface area contributed by atoms with E-state index in [4.69, 9.17) is 9.47 Å². The van der Waals surface area contributed by atoms with Gasteiger partial charge < -0.3 is 14.4 Å². The summed E-state index contributed by atoms with van der Waals surface area (Å²) in [4.78, 5) is 37.9. The van der Waals surface area contributed by atoms with E-state index in [-0.39, 0.29) is 30.1 Å². The zero-order chi connectivity index (χ0) is 16.8. The fraction of sp³-hybridized carbons (Fsp3) is 0.471. The number of esters is 2. The Morgan fingerprint density at radius 3 is 2.26 bits per heavy atom. The third-order valence-electron chi connectivity index (χ3n) is 3.68. The highest BCUT2D eigenvalue weighted by atomic mass is 16.5. The molecule has 0 radical (unpaired) electrons. The van der Waals surface area contributed by atoms with E-state index >= 15 is 0 Å². The van der Waals surface area contributed by atoms with Crippen molar-refractivity contribution in [2.24, 2.45) is 0 Å². The fourth-order valence-corrected chi connectivity index (χ4v) is 2.60. The van der Waals surface area contributed by atoms with Crippen LogP contribution in [0, 0.1) is 0 Å². The van der Waals surface area contributed by atoms with Crippen LogP contribution in [0.2, 0.25) is 0 Å². The van der Waals surface area contributed by atoms with Crippen LogP contribution in [0.3, 0.4) is 0 Å². The SMILES string of the molecule is CCOC(=O)c1cccc(N2CCC(=O)CC2)c1C(=O)OCC. The second-order valence-electron chi connectivity index (χ2n) is 5.17. The number of ether oxygens (including phenoxy) is 2. The number of rotatable bonds is 5. The first-order chi connectivity index (χ1) is 11.1. The molecule has 1 heterocycles. The minimum Gasteiger partial charge on any atom is -0.462 e. The molecule has 6 nitrogen and oxygen atoms in total. The third kappa shape index (κ3) is 3.88. The number of benzene rings is 1. The molecular weight excluding hydrogens is 298 g/mol. The van der Waals surface area contributed by atoms with Crippen LogP contribution < -0.4 is 4.90 Å². The number of carbonyl (C=O) groups excluding carboxylic acids is 3. The fourth-order valence-electron chi connectivity index (χ4n) is 2.60. The van der Waals surface area contributed by atoms with Crippen molar-refractivity contribution in [3.63, 3.8) is 0 Å². The van der Waals surface area contributed by atoms with Crippen molar-refractivity contribution in [1.29, 1.82) is 0 Å². The minimum atomic E-state index is -0.553. The van der Waals surface area contributed by atoms with Crippen LogP contribution in [-0.4, -0.2) is 44.0 Å². The van der Waals surface area contributed by atoms with Crippen LogP contribution >= 0.6 is 0 Å². The van der Waals surface area contributed by atoms with E-state index in [1.807, 2.05) is 4.90 Å². The van der Waals surface area contributed by atoms with Gasteiger partial charge in [0, 0.05) is 25.9 Å². The van der Waals surface area contributed by atoms with Gasteiger partial charge in [0.2, 0.25) is 0 Å². The quantitative estimate of drug-likeness (QED) is 0.775. The molecule has 1 saturated heterocycles. The maximum atomic E-state index is 12.4. The normalized spacial score (nSPS) is 14.5. The first kappa shape index (κ1) is 17.0. The van der Waals surface area contributed by atoms with Gasteiger partial charge in [0.05, 0.1) is 30.0 Å². The van der Waals surface area contributed by atoms with Gasteiger partial charge in [-0.1, -0.05) is 6.07 Å². The molecule has 0 amide bonds. The minimum absolute atomic E-state index is 0.194. The molecule has 0 spiro atoms. The molecule has 0 aliphatic carbocycles. The van der Waals surface area contributed by atoms with Crippen molar-refractivity contribution in [3.05, 3.63) is 29.3 Å². The summed E-state index contributed by atoms with van der Waals surface area (Å²) in [5.41, 5.74) is 1.02. The van der Waals surface area contributed by atoms with Gasteiger partial charge in [-0.2, -0.15) is 0 Å². The molecule has 0 unspecified atom stereocenters. The van der Waals surface area contributed by atoms with Gasteiger partial charge in [-0.05, 0) is 26.0 Å². The largest absolute Gasteiger partial charge is 0.462 e. The summed E-state index contributed by atoms with van der Waals surface area (Å²) in [7, 11) is 0. The highest BCUT2D eigenvalue weighted by molar-refractivity contribution is 6.07. The van der Waals surface area contributed by atoms with Crippen molar-refractivity contribution in [2.75, 3.05) is 31.2 Å². The number of ketones is 1. The summed E-state index contributed by atoms with van der Waals surface area (Å²) < 4.78 is 10.1. The number of anilines is 1. The monoisotopic (exact) mass is 319 g/mol. The average Bonchev–Trinajstić information content (AvgIpc) is 2.55. The Morgan fingerprint density at radius 1 is 1.04 bits per heavy atom.